The highest BCUT2D eigenvalue weighted by Gasteiger charge is 2.05. The van der Waals surface area contributed by atoms with Crippen molar-refractivity contribution in [3.63, 3.8) is 0 Å². The van der Waals surface area contributed by atoms with E-state index in [1.54, 1.807) is 0 Å². The second-order valence-electron chi connectivity index (χ2n) is 2.54. The molecule has 1 N–H and O–H groups in total. The molecule has 0 atom stereocenters. The van der Waals surface area contributed by atoms with E-state index in [0.717, 1.165) is 11.3 Å². The third-order valence-electron chi connectivity index (χ3n) is 1.38. The van der Waals surface area contributed by atoms with E-state index in [9.17, 15) is 14.4 Å². The Hall–Kier alpha value is -0.790. The lowest BCUT2D eigenvalue weighted by molar-refractivity contribution is -0.342. The van der Waals surface area contributed by atoms with Gasteiger partial charge in [0.05, 0.1) is 19.3 Å². The van der Waals surface area contributed by atoms with Crippen molar-refractivity contribution in [2.45, 2.75) is 13.5 Å². The van der Waals surface area contributed by atoms with Crippen LogP contribution < -0.4 is 9.79 Å². The molecule has 1 heterocycles. The zero-order chi connectivity index (χ0) is 11.5. The first-order valence-corrected chi connectivity index (χ1v) is 6.00. The maximum Gasteiger partial charge on any atom is 0.141 e. The molecular weight excluding hydrogens is 243 g/mol. The first-order chi connectivity index (χ1) is 6.92. The highest BCUT2D eigenvalue weighted by molar-refractivity contribution is 7.43. The molecule has 1 aromatic heterocycles. The Labute approximate surface area is 89.3 Å². The van der Waals surface area contributed by atoms with E-state index in [4.69, 9.17) is 5.21 Å². The predicted molar refractivity (Wildman–Crippen MR) is 48.5 cm³/mol. The van der Waals surface area contributed by atoms with Crippen LogP contribution >= 0.6 is 19.2 Å². The van der Waals surface area contributed by atoms with Gasteiger partial charge in [-0.25, -0.2) is 4.98 Å². The summed E-state index contributed by atoms with van der Waals surface area (Å²) in [7, 11) is -4.95. The third kappa shape index (κ3) is 4.06. The third-order valence-corrected chi connectivity index (χ3v) is 2.90. The molecule has 84 valence electrons. The average molecular weight is 250 g/mol. The van der Waals surface area contributed by atoms with Gasteiger partial charge in [0.2, 0.25) is 0 Å². The molecule has 0 aliphatic heterocycles. The molecule has 7 nitrogen and oxygen atoms in total. The quantitative estimate of drug-likeness (QED) is 0.339. The van der Waals surface area contributed by atoms with Crippen molar-refractivity contribution >= 4 is 24.9 Å². The second kappa shape index (κ2) is 4.82. The summed E-state index contributed by atoms with van der Waals surface area (Å²) >= 11 is 1.08. The number of hydrogen-bond acceptors (Lipinski definition) is 8. The molecule has 1 aromatic rings. The van der Waals surface area contributed by atoms with Crippen molar-refractivity contribution in [1.29, 1.82) is 0 Å². The minimum atomic E-state index is -4.95. The van der Waals surface area contributed by atoms with Gasteiger partial charge in [-0.3, -0.25) is 0 Å². The minimum absolute atomic E-state index is 0.304. The second-order valence-corrected chi connectivity index (χ2v) is 4.81. The molecule has 0 fully saturated rings. The van der Waals surface area contributed by atoms with Crippen LogP contribution in [-0.2, 0) is 15.7 Å². The standard InChI is InChI=1S/C6H9N2O5PS/c1-4(8-9)6-7-2-5(15-6)3-13-14(10,11)12/h2,9H,3H2,1H3,(H2,10,11,12)/p-2/b8-4+. The maximum absolute atomic E-state index is 10.2. The number of rotatable bonds is 4. The lowest BCUT2D eigenvalue weighted by Gasteiger charge is -2.27. The Bertz CT molecular complexity index is 411. The molecule has 0 aliphatic rings. The molecule has 0 aliphatic carbocycles. The molecule has 0 saturated carbocycles. The van der Waals surface area contributed by atoms with Crippen molar-refractivity contribution in [1.82, 2.24) is 4.98 Å². The number of phosphoric ester groups is 1. The molecular formula is C6H7N2O5PS-2. The highest BCUT2D eigenvalue weighted by atomic mass is 32.1. The van der Waals surface area contributed by atoms with Crippen LogP contribution in [0.2, 0.25) is 0 Å². The van der Waals surface area contributed by atoms with E-state index in [-0.39, 0.29) is 6.61 Å². The Morgan fingerprint density at radius 2 is 2.47 bits per heavy atom. The number of aromatic nitrogens is 1. The molecule has 0 unspecified atom stereocenters. The van der Waals surface area contributed by atoms with Gasteiger partial charge in [0.25, 0.3) is 0 Å². The molecule has 0 amide bonds. The Morgan fingerprint density at radius 1 is 1.80 bits per heavy atom. The van der Waals surface area contributed by atoms with E-state index >= 15 is 0 Å². The summed E-state index contributed by atoms with van der Waals surface area (Å²) in [5, 5.41) is 11.8. The van der Waals surface area contributed by atoms with Crippen LogP contribution in [0.3, 0.4) is 0 Å². The van der Waals surface area contributed by atoms with Crippen LogP contribution in [0.15, 0.2) is 11.4 Å². The summed E-state index contributed by atoms with van der Waals surface area (Å²) in [6.07, 6.45) is 1.35. The lowest BCUT2D eigenvalue weighted by Crippen LogP contribution is -2.15. The fourth-order valence-electron chi connectivity index (χ4n) is 0.727. The van der Waals surface area contributed by atoms with Gasteiger partial charge in [-0.2, -0.15) is 0 Å². The average Bonchev–Trinajstić information content (AvgIpc) is 2.61. The van der Waals surface area contributed by atoms with E-state index in [2.05, 4.69) is 14.7 Å². The summed E-state index contributed by atoms with van der Waals surface area (Å²) in [5.74, 6) is 0. The molecule has 9 heteroatoms. The number of thiazole rings is 1. The normalized spacial score (nSPS) is 13.1. The van der Waals surface area contributed by atoms with Gasteiger partial charge in [0.15, 0.2) is 0 Å². The first-order valence-electron chi connectivity index (χ1n) is 3.72. The fourth-order valence-corrected chi connectivity index (χ4v) is 1.88. The molecule has 15 heavy (non-hydrogen) atoms. The van der Waals surface area contributed by atoms with Crippen molar-refractivity contribution in [2.24, 2.45) is 5.16 Å². The number of oxime groups is 1. The van der Waals surface area contributed by atoms with Crippen LogP contribution in [0.4, 0.5) is 0 Å². The minimum Gasteiger partial charge on any atom is -0.790 e. The smallest absolute Gasteiger partial charge is 0.141 e. The van der Waals surface area contributed by atoms with Crippen molar-refractivity contribution in [3.8, 4) is 0 Å². The first kappa shape index (κ1) is 12.3. The predicted octanol–water partition coefficient (Wildman–Crippen LogP) is -0.313. The van der Waals surface area contributed by atoms with Crippen molar-refractivity contribution in [2.75, 3.05) is 0 Å². The fraction of sp³-hybridized carbons (Fsp3) is 0.333. The molecule has 0 spiro atoms. The van der Waals surface area contributed by atoms with Crippen molar-refractivity contribution in [3.05, 3.63) is 16.1 Å². The SMILES string of the molecule is C/C(=N\O)c1ncc(COP(=O)([O-])[O-])s1. The summed E-state index contributed by atoms with van der Waals surface area (Å²) < 4.78 is 14.2. The van der Waals surface area contributed by atoms with E-state index in [0.29, 0.717) is 15.6 Å². The van der Waals surface area contributed by atoms with Crippen LogP contribution in [0.1, 0.15) is 16.8 Å². The van der Waals surface area contributed by atoms with E-state index in [1.807, 2.05) is 0 Å². The number of nitrogens with zero attached hydrogens (tertiary/aromatic N) is 2. The maximum atomic E-state index is 10.2. The van der Waals surface area contributed by atoms with Gasteiger partial charge in [-0.1, -0.05) is 5.16 Å². The monoisotopic (exact) mass is 250 g/mol. The summed E-state index contributed by atoms with van der Waals surface area (Å²) in [4.78, 5) is 24.6. The summed E-state index contributed by atoms with van der Waals surface area (Å²) in [6.45, 7) is 1.19. The van der Waals surface area contributed by atoms with E-state index < -0.39 is 7.82 Å². The van der Waals surface area contributed by atoms with E-state index in [1.165, 1.54) is 13.1 Å². The molecule has 0 aromatic carbocycles. The van der Waals surface area contributed by atoms with Gasteiger partial charge < -0.3 is 24.1 Å². The van der Waals surface area contributed by atoms with Gasteiger partial charge >= 0.3 is 0 Å². The Balaban J connectivity index is 2.65. The molecule has 1 rings (SSSR count). The van der Waals surface area contributed by atoms with Crippen molar-refractivity contribution < 1.29 is 24.1 Å². The van der Waals surface area contributed by atoms with Crippen LogP contribution in [0.5, 0.6) is 0 Å². The zero-order valence-corrected chi connectivity index (χ0v) is 9.33. The largest absolute Gasteiger partial charge is 0.790 e. The van der Waals surface area contributed by atoms with Crippen LogP contribution in [-0.4, -0.2) is 15.9 Å². The number of hydrogen-bond donors (Lipinski definition) is 1. The summed E-state index contributed by atoms with van der Waals surface area (Å²) in [5.41, 5.74) is 0.304. The number of phosphoric acid groups is 1. The lowest BCUT2D eigenvalue weighted by atomic mass is 10.5. The van der Waals surface area contributed by atoms with Crippen LogP contribution in [0.25, 0.3) is 0 Å². The molecule has 0 radical (unpaired) electrons. The Kier molecular flexibility index (Phi) is 3.95. The van der Waals surface area contributed by atoms with Gasteiger partial charge in [-0.05, 0) is 6.92 Å². The summed E-state index contributed by atoms with van der Waals surface area (Å²) in [6, 6.07) is 0. The zero-order valence-electron chi connectivity index (χ0n) is 7.61. The van der Waals surface area contributed by atoms with Gasteiger partial charge in [0, 0.05) is 6.20 Å². The van der Waals surface area contributed by atoms with Gasteiger partial charge in [0.1, 0.15) is 10.7 Å². The highest BCUT2D eigenvalue weighted by Crippen LogP contribution is 2.28. The molecule has 0 bridgehead atoms. The topological polar surface area (TPSA) is 118 Å². The van der Waals surface area contributed by atoms with Crippen LogP contribution in [0, 0.1) is 0 Å². The Morgan fingerprint density at radius 3 is 3.00 bits per heavy atom. The van der Waals surface area contributed by atoms with Gasteiger partial charge in [-0.15, -0.1) is 11.3 Å². The molecule has 0 saturated heterocycles.